The van der Waals surface area contributed by atoms with Gasteiger partial charge in [-0.1, -0.05) is 53.0 Å². The molecule has 14 heavy (non-hydrogen) atoms. The van der Waals surface area contributed by atoms with E-state index in [1.165, 1.54) is 18.2 Å². The van der Waals surface area contributed by atoms with Crippen LogP contribution >= 0.6 is 45.5 Å². The maximum absolute atomic E-state index is 11.1. The van der Waals surface area contributed by atoms with Gasteiger partial charge in [0.15, 0.2) is 0 Å². The topological polar surface area (TPSA) is 34.1 Å². The molecule has 0 radical (unpaired) electrons. The second-order valence-electron chi connectivity index (χ2n) is 2.43. The van der Waals surface area contributed by atoms with Gasteiger partial charge in [-0.25, -0.2) is 8.42 Å². The molecule has 0 saturated heterocycles. The quantitative estimate of drug-likeness (QED) is 0.587. The molecule has 0 aliphatic rings. The molecule has 0 unspecified atom stereocenters. The second-order valence-corrected chi connectivity index (χ2v) is 7.25. The molecule has 2 nitrogen and oxygen atoms in total. The van der Waals surface area contributed by atoms with Crippen LogP contribution in [0.4, 0.5) is 0 Å². The summed E-state index contributed by atoms with van der Waals surface area (Å²) in [5, 5.41) is 0. The molecule has 0 spiro atoms. The molecule has 7 heteroatoms. The summed E-state index contributed by atoms with van der Waals surface area (Å²) < 4.78 is 20.4. The fourth-order valence-corrected chi connectivity index (χ4v) is 2.70. The summed E-state index contributed by atoms with van der Waals surface area (Å²) in [5.41, 5.74) is 0.0417. The van der Waals surface area contributed by atoms with Gasteiger partial charge >= 0.3 is 0 Å². The van der Waals surface area contributed by atoms with E-state index in [1.54, 1.807) is 6.07 Å². The van der Waals surface area contributed by atoms with Gasteiger partial charge in [-0.2, -0.15) is 0 Å². The van der Waals surface area contributed by atoms with E-state index in [9.17, 15) is 8.42 Å². The van der Waals surface area contributed by atoms with E-state index in [0.29, 0.717) is 0 Å². The third kappa shape index (κ3) is 2.91. The molecule has 0 aliphatic heterocycles. The van der Waals surface area contributed by atoms with Gasteiger partial charge in [-0.15, -0.1) is 0 Å². The molecule has 0 N–H and O–H groups in total. The van der Waals surface area contributed by atoms with Crippen LogP contribution in [0.3, 0.4) is 0 Å². The van der Waals surface area contributed by atoms with Crippen molar-refractivity contribution in [3.63, 3.8) is 0 Å². The Balaban J connectivity index is 3.47. The Labute approximate surface area is 101 Å². The Hall–Kier alpha value is 0.330. The normalized spacial score (nSPS) is 12.9. The molecule has 0 aromatic heterocycles. The molecular formula is C7H4Cl4O2S. The minimum atomic E-state index is -3.90. The zero-order chi connectivity index (χ0) is 11.0. The molecule has 0 bridgehead atoms. The van der Waals surface area contributed by atoms with Crippen LogP contribution < -0.4 is 0 Å². The molecule has 78 valence electrons. The fraction of sp³-hybridized carbons (Fsp3) is 0.143. The fourth-order valence-electron chi connectivity index (χ4n) is 0.913. The van der Waals surface area contributed by atoms with E-state index in [1.807, 2.05) is 0 Å². The second kappa shape index (κ2) is 4.06. The summed E-state index contributed by atoms with van der Waals surface area (Å²) in [5.74, 6) is 0. The number of rotatable bonds is 1. The number of halogens is 4. The van der Waals surface area contributed by atoms with E-state index >= 15 is 0 Å². The molecule has 1 aromatic carbocycles. The van der Waals surface area contributed by atoms with Crippen LogP contribution in [-0.2, 0) is 12.8 Å². The van der Waals surface area contributed by atoms with Crippen molar-refractivity contribution in [1.82, 2.24) is 0 Å². The predicted molar refractivity (Wildman–Crippen MR) is 58.7 cm³/mol. The lowest BCUT2D eigenvalue weighted by atomic mass is 10.2. The smallest absolute Gasteiger partial charge is 0.207 e. The third-order valence-electron chi connectivity index (χ3n) is 1.46. The van der Waals surface area contributed by atoms with Crippen molar-refractivity contribution in [3.05, 3.63) is 29.8 Å². The van der Waals surface area contributed by atoms with Crippen LogP contribution in [0.5, 0.6) is 0 Å². The van der Waals surface area contributed by atoms with Crippen molar-refractivity contribution < 1.29 is 8.42 Å². The van der Waals surface area contributed by atoms with Crippen molar-refractivity contribution in [2.45, 2.75) is 8.69 Å². The van der Waals surface area contributed by atoms with E-state index < -0.39 is 12.8 Å². The molecule has 0 atom stereocenters. The first-order valence-electron chi connectivity index (χ1n) is 3.34. The molecule has 0 amide bonds. The van der Waals surface area contributed by atoms with Crippen molar-refractivity contribution >= 4 is 54.5 Å². The van der Waals surface area contributed by atoms with Crippen molar-refractivity contribution in [1.29, 1.82) is 0 Å². The highest BCUT2D eigenvalue weighted by Gasteiger charge is 2.29. The maximum atomic E-state index is 11.1. The van der Waals surface area contributed by atoms with Gasteiger partial charge in [-0.05, 0) is 6.07 Å². The Morgan fingerprint density at radius 1 is 1.07 bits per heavy atom. The molecule has 0 fully saturated rings. The van der Waals surface area contributed by atoms with Gasteiger partial charge in [0.05, 0.1) is 4.90 Å². The lowest BCUT2D eigenvalue weighted by molar-refractivity contribution is 0.608. The highest BCUT2D eigenvalue weighted by Crippen LogP contribution is 2.41. The van der Waals surface area contributed by atoms with Crippen molar-refractivity contribution in [2.75, 3.05) is 0 Å². The third-order valence-corrected chi connectivity index (χ3v) is 3.45. The van der Waals surface area contributed by atoms with Gasteiger partial charge in [0.2, 0.25) is 3.79 Å². The Morgan fingerprint density at radius 3 is 1.93 bits per heavy atom. The summed E-state index contributed by atoms with van der Waals surface area (Å²) >= 11 is 16.7. The molecule has 0 saturated carbocycles. The summed E-state index contributed by atoms with van der Waals surface area (Å²) in [6.45, 7) is 0. The molecule has 1 rings (SSSR count). The van der Waals surface area contributed by atoms with Gasteiger partial charge in [0.25, 0.3) is 9.05 Å². The van der Waals surface area contributed by atoms with Crippen molar-refractivity contribution in [2.24, 2.45) is 0 Å². The van der Waals surface area contributed by atoms with Crippen LogP contribution in [0.25, 0.3) is 0 Å². The summed E-state index contributed by atoms with van der Waals surface area (Å²) in [4.78, 5) is -0.193. The lowest BCUT2D eigenvalue weighted by Gasteiger charge is -2.13. The van der Waals surface area contributed by atoms with E-state index in [-0.39, 0.29) is 10.5 Å². The summed E-state index contributed by atoms with van der Waals surface area (Å²) in [6.07, 6.45) is 0. The average molecular weight is 294 g/mol. The van der Waals surface area contributed by atoms with Crippen LogP contribution in [0.15, 0.2) is 29.2 Å². The van der Waals surface area contributed by atoms with Crippen molar-refractivity contribution in [3.8, 4) is 0 Å². The van der Waals surface area contributed by atoms with E-state index in [4.69, 9.17) is 45.5 Å². The minimum Gasteiger partial charge on any atom is -0.207 e. The maximum Gasteiger partial charge on any atom is 0.261 e. The zero-order valence-corrected chi connectivity index (χ0v) is 10.4. The Bertz CT molecular complexity index is 435. The first-order valence-corrected chi connectivity index (χ1v) is 6.78. The van der Waals surface area contributed by atoms with Crippen LogP contribution in [0, 0.1) is 0 Å². The van der Waals surface area contributed by atoms with E-state index in [0.717, 1.165) is 0 Å². The van der Waals surface area contributed by atoms with Gasteiger partial charge < -0.3 is 0 Å². The van der Waals surface area contributed by atoms with Gasteiger partial charge in [-0.3, -0.25) is 0 Å². The molecular weight excluding hydrogens is 290 g/mol. The van der Waals surface area contributed by atoms with Gasteiger partial charge in [0.1, 0.15) is 0 Å². The number of hydrogen-bond acceptors (Lipinski definition) is 2. The largest absolute Gasteiger partial charge is 0.261 e. The summed E-state index contributed by atoms with van der Waals surface area (Å²) in [7, 11) is 1.27. The Kier molecular flexibility index (Phi) is 3.60. The number of alkyl halides is 3. The minimum absolute atomic E-state index is 0.0417. The summed E-state index contributed by atoms with van der Waals surface area (Å²) in [6, 6.07) is 5.72. The van der Waals surface area contributed by atoms with Crippen LogP contribution in [0.2, 0.25) is 0 Å². The first-order chi connectivity index (χ1) is 6.23. The number of hydrogen-bond donors (Lipinski definition) is 0. The molecule has 0 aliphatic carbocycles. The van der Waals surface area contributed by atoms with Crippen LogP contribution in [-0.4, -0.2) is 8.42 Å². The number of benzene rings is 1. The highest BCUT2D eigenvalue weighted by molar-refractivity contribution is 8.13. The Morgan fingerprint density at radius 2 is 1.57 bits per heavy atom. The van der Waals surface area contributed by atoms with Crippen LogP contribution in [0.1, 0.15) is 5.56 Å². The SMILES string of the molecule is O=S(=O)(Cl)c1ccccc1C(Cl)(Cl)Cl. The molecule has 0 heterocycles. The average Bonchev–Trinajstić information content (AvgIpc) is 2.01. The highest BCUT2D eigenvalue weighted by atomic mass is 35.7. The van der Waals surface area contributed by atoms with Gasteiger partial charge in [0, 0.05) is 16.2 Å². The lowest BCUT2D eigenvalue weighted by Crippen LogP contribution is -2.06. The van der Waals surface area contributed by atoms with E-state index in [2.05, 4.69) is 0 Å². The first kappa shape index (κ1) is 12.4. The molecule has 1 aromatic rings. The standard InChI is InChI=1S/C7H4Cl4O2S/c8-7(9,10)5-3-1-2-4-6(5)14(11,12)13/h1-4H. The monoisotopic (exact) mass is 292 g/mol. The predicted octanol–water partition coefficient (Wildman–Crippen LogP) is 3.44. The zero-order valence-electron chi connectivity index (χ0n) is 6.55.